The number of amides is 1. The molecule has 0 bridgehead atoms. The van der Waals surface area contributed by atoms with Crippen molar-refractivity contribution in [3.05, 3.63) is 71.8 Å². The van der Waals surface area contributed by atoms with Gasteiger partial charge in [-0.05, 0) is 31.4 Å². The number of carbonyl (C=O) groups excluding carboxylic acids is 2. The normalized spacial score (nSPS) is 21.4. The van der Waals surface area contributed by atoms with Gasteiger partial charge in [0.25, 0.3) is 0 Å². The van der Waals surface area contributed by atoms with Gasteiger partial charge in [0.2, 0.25) is 0 Å². The quantitative estimate of drug-likeness (QED) is 0.771. The Morgan fingerprint density at radius 2 is 1.65 bits per heavy atom. The van der Waals surface area contributed by atoms with Crippen LogP contribution in [0.3, 0.4) is 0 Å². The molecule has 2 aromatic carbocycles. The minimum atomic E-state index is -0.918. The Morgan fingerprint density at radius 1 is 1.08 bits per heavy atom. The summed E-state index contributed by atoms with van der Waals surface area (Å²) in [5, 5.41) is 0. The second kappa shape index (κ2) is 7.70. The molecule has 0 saturated carbocycles. The molecule has 0 aromatic heterocycles. The molecule has 0 radical (unpaired) electrons. The van der Waals surface area contributed by atoms with Gasteiger partial charge in [-0.1, -0.05) is 60.7 Å². The van der Waals surface area contributed by atoms with Crippen molar-refractivity contribution in [1.29, 1.82) is 0 Å². The van der Waals surface area contributed by atoms with Gasteiger partial charge < -0.3 is 14.3 Å². The van der Waals surface area contributed by atoms with Crippen LogP contribution in [-0.4, -0.2) is 35.2 Å². The van der Waals surface area contributed by atoms with E-state index in [9.17, 15) is 9.59 Å². The first-order chi connectivity index (χ1) is 12.5. The number of nitrogens with zero attached hydrogens (tertiary/aromatic N) is 1. The maximum Gasteiger partial charge on any atom is 0.412 e. The van der Waals surface area contributed by atoms with Crippen LogP contribution in [0.4, 0.5) is 4.79 Å². The zero-order chi connectivity index (χ0) is 18.6. The van der Waals surface area contributed by atoms with Crippen molar-refractivity contribution in [2.24, 2.45) is 0 Å². The molecular formula is C21H23NO4. The molecule has 0 spiro atoms. The summed E-state index contributed by atoms with van der Waals surface area (Å²) in [6.07, 6.45) is 0.118. The molecule has 1 amide bonds. The van der Waals surface area contributed by atoms with Crippen molar-refractivity contribution in [3.8, 4) is 0 Å². The van der Waals surface area contributed by atoms with Gasteiger partial charge in [0, 0.05) is 0 Å². The van der Waals surface area contributed by atoms with Crippen molar-refractivity contribution in [1.82, 2.24) is 4.90 Å². The summed E-state index contributed by atoms with van der Waals surface area (Å²) < 4.78 is 11.3. The first kappa shape index (κ1) is 18.1. The average Bonchev–Trinajstić information content (AvgIpc) is 2.91. The van der Waals surface area contributed by atoms with E-state index in [0.717, 1.165) is 17.4 Å². The van der Waals surface area contributed by atoms with Gasteiger partial charge in [0.05, 0.1) is 6.04 Å². The lowest BCUT2D eigenvalue weighted by Crippen LogP contribution is -2.49. The van der Waals surface area contributed by atoms with E-state index in [2.05, 4.69) is 0 Å². The van der Waals surface area contributed by atoms with Crippen LogP contribution in [0.15, 0.2) is 60.7 Å². The standard InChI is InChI=1S/C21H23NO4/c1-21(2)22(20(24)25-15-17-11-7-4-8-12-17)18(19(14-23)26-21)13-16-9-5-3-6-10-16/h3-12,14,18-19H,13,15H2,1-2H3/t18-,19-/m1/s1. The number of benzene rings is 2. The zero-order valence-electron chi connectivity index (χ0n) is 15.0. The summed E-state index contributed by atoms with van der Waals surface area (Å²) in [5.74, 6) is 0. The SMILES string of the molecule is CC1(C)O[C@H](C=O)[C@@H](Cc2ccccc2)N1C(=O)OCc1ccccc1. The van der Waals surface area contributed by atoms with Crippen molar-refractivity contribution < 1.29 is 19.1 Å². The average molecular weight is 353 g/mol. The fraction of sp³-hybridized carbons (Fsp3) is 0.333. The van der Waals surface area contributed by atoms with E-state index in [-0.39, 0.29) is 6.61 Å². The Labute approximate surface area is 153 Å². The van der Waals surface area contributed by atoms with Gasteiger partial charge in [-0.2, -0.15) is 0 Å². The molecule has 136 valence electrons. The minimum Gasteiger partial charge on any atom is -0.444 e. The van der Waals surface area contributed by atoms with E-state index in [1.165, 1.54) is 0 Å². The number of rotatable bonds is 5. The summed E-state index contributed by atoms with van der Waals surface area (Å²) in [6, 6.07) is 18.8. The molecule has 1 fully saturated rings. The molecule has 1 aliphatic rings. The Morgan fingerprint density at radius 3 is 2.23 bits per heavy atom. The minimum absolute atomic E-state index is 0.177. The summed E-state index contributed by atoms with van der Waals surface area (Å²) in [6.45, 7) is 3.73. The largest absolute Gasteiger partial charge is 0.444 e. The van der Waals surface area contributed by atoms with Crippen molar-refractivity contribution in [2.45, 2.75) is 44.7 Å². The third kappa shape index (κ3) is 3.94. The molecule has 3 rings (SSSR count). The van der Waals surface area contributed by atoms with E-state index in [0.29, 0.717) is 6.42 Å². The molecular weight excluding hydrogens is 330 g/mol. The van der Waals surface area contributed by atoms with E-state index >= 15 is 0 Å². The number of carbonyl (C=O) groups is 2. The molecule has 0 aliphatic carbocycles. The molecule has 2 aromatic rings. The molecule has 0 unspecified atom stereocenters. The molecule has 0 N–H and O–H groups in total. The Kier molecular flexibility index (Phi) is 5.38. The van der Waals surface area contributed by atoms with Gasteiger partial charge in [0.15, 0.2) is 6.29 Å². The van der Waals surface area contributed by atoms with E-state index in [1.54, 1.807) is 18.7 Å². The molecule has 1 aliphatic heterocycles. The lowest BCUT2D eigenvalue weighted by atomic mass is 10.0. The van der Waals surface area contributed by atoms with Crippen molar-refractivity contribution >= 4 is 12.4 Å². The monoisotopic (exact) mass is 353 g/mol. The maximum atomic E-state index is 12.8. The zero-order valence-corrected chi connectivity index (χ0v) is 15.0. The Bertz CT molecular complexity index is 745. The highest BCUT2D eigenvalue weighted by Gasteiger charge is 2.50. The summed E-state index contributed by atoms with van der Waals surface area (Å²) in [5.41, 5.74) is 1.02. The van der Waals surface area contributed by atoms with Gasteiger partial charge in [-0.15, -0.1) is 0 Å². The summed E-state index contributed by atoms with van der Waals surface area (Å²) >= 11 is 0. The fourth-order valence-electron chi connectivity index (χ4n) is 3.34. The van der Waals surface area contributed by atoms with Gasteiger partial charge in [0.1, 0.15) is 18.4 Å². The molecule has 2 atom stereocenters. The maximum absolute atomic E-state index is 12.8. The van der Waals surface area contributed by atoms with Gasteiger partial charge >= 0.3 is 6.09 Å². The smallest absolute Gasteiger partial charge is 0.412 e. The highest BCUT2D eigenvalue weighted by Crippen LogP contribution is 2.34. The van der Waals surface area contributed by atoms with Crippen molar-refractivity contribution in [2.75, 3.05) is 0 Å². The summed E-state index contributed by atoms with van der Waals surface area (Å²) in [7, 11) is 0. The van der Waals surface area contributed by atoms with Crippen LogP contribution >= 0.6 is 0 Å². The highest BCUT2D eigenvalue weighted by molar-refractivity contribution is 5.71. The third-order valence-electron chi connectivity index (χ3n) is 4.54. The van der Waals surface area contributed by atoms with Gasteiger partial charge in [-0.3, -0.25) is 4.90 Å². The van der Waals surface area contributed by atoms with Crippen LogP contribution < -0.4 is 0 Å². The number of aldehydes is 1. The van der Waals surface area contributed by atoms with E-state index in [1.807, 2.05) is 60.7 Å². The predicted octanol–water partition coefficient (Wildman–Crippen LogP) is 3.57. The first-order valence-electron chi connectivity index (χ1n) is 8.68. The number of hydrogen-bond acceptors (Lipinski definition) is 4. The molecule has 1 heterocycles. The Balaban J connectivity index is 1.78. The summed E-state index contributed by atoms with van der Waals surface area (Å²) in [4.78, 5) is 25.9. The lowest BCUT2D eigenvalue weighted by molar-refractivity contribution is -0.123. The second-order valence-electron chi connectivity index (χ2n) is 6.83. The number of ether oxygens (including phenoxy) is 2. The van der Waals surface area contributed by atoms with Crippen LogP contribution in [0.25, 0.3) is 0 Å². The molecule has 26 heavy (non-hydrogen) atoms. The van der Waals surface area contributed by atoms with Gasteiger partial charge in [-0.25, -0.2) is 4.79 Å². The van der Waals surface area contributed by atoms with Crippen LogP contribution in [0.2, 0.25) is 0 Å². The molecule has 5 heteroatoms. The highest BCUT2D eigenvalue weighted by atomic mass is 16.6. The predicted molar refractivity (Wildman–Crippen MR) is 97.4 cm³/mol. The topological polar surface area (TPSA) is 55.8 Å². The van der Waals surface area contributed by atoms with Crippen LogP contribution in [-0.2, 0) is 27.3 Å². The van der Waals surface area contributed by atoms with E-state index in [4.69, 9.17) is 9.47 Å². The third-order valence-corrected chi connectivity index (χ3v) is 4.54. The van der Waals surface area contributed by atoms with Crippen LogP contribution in [0.5, 0.6) is 0 Å². The van der Waals surface area contributed by atoms with Crippen LogP contribution in [0, 0.1) is 0 Å². The van der Waals surface area contributed by atoms with Crippen LogP contribution in [0.1, 0.15) is 25.0 Å². The Hall–Kier alpha value is -2.66. The fourth-order valence-corrected chi connectivity index (χ4v) is 3.34. The second-order valence-corrected chi connectivity index (χ2v) is 6.83. The molecule has 1 saturated heterocycles. The first-order valence-corrected chi connectivity index (χ1v) is 8.68. The molecule has 5 nitrogen and oxygen atoms in total. The van der Waals surface area contributed by atoms with Crippen molar-refractivity contribution in [3.63, 3.8) is 0 Å². The number of hydrogen-bond donors (Lipinski definition) is 0. The lowest BCUT2D eigenvalue weighted by Gasteiger charge is -2.32. The van der Waals surface area contributed by atoms with E-state index < -0.39 is 24.0 Å².